The molecule has 1 aliphatic carbocycles. The van der Waals surface area contributed by atoms with E-state index in [1.807, 2.05) is 0 Å². The fourth-order valence-corrected chi connectivity index (χ4v) is 2.40. The predicted octanol–water partition coefficient (Wildman–Crippen LogP) is 1.12. The zero-order valence-electron chi connectivity index (χ0n) is 9.57. The molecule has 1 atom stereocenters. The summed E-state index contributed by atoms with van der Waals surface area (Å²) in [4.78, 5) is 25.3. The Morgan fingerprint density at radius 3 is 2.69 bits per heavy atom. The number of rotatable bonds is 2. The van der Waals surface area contributed by atoms with Crippen LogP contribution < -0.4 is 0 Å². The van der Waals surface area contributed by atoms with E-state index in [-0.39, 0.29) is 5.78 Å². The topological polar surface area (TPSA) is 46.6 Å². The van der Waals surface area contributed by atoms with Crippen molar-refractivity contribution < 1.29 is 14.3 Å². The normalized spacial score (nSPS) is 25.6. The number of hydrogen-bond donors (Lipinski definition) is 0. The van der Waals surface area contributed by atoms with Gasteiger partial charge in [0, 0.05) is 24.9 Å². The summed E-state index contributed by atoms with van der Waals surface area (Å²) < 4.78 is 4.62. The smallest absolute Gasteiger partial charge is 0.316 e. The van der Waals surface area contributed by atoms with Gasteiger partial charge in [0.1, 0.15) is 5.92 Å². The molecule has 1 fully saturated rings. The minimum Gasteiger partial charge on any atom is -0.468 e. The molecule has 1 heterocycles. The lowest BCUT2D eigenvalue weighted by Gasteiger charge is -2.26. The van der Waals surface area contributed by atoms with Gasteiger partial charge in [0.15, 0.2) is 5.78 Å². The van der Waals surface area contributed by atoms with E-state index in [4.69, 9.17) is 0 Å². The number of likely N-dealkylation sites (tertiary alicyclic amines) is 1. The van der Waals surface area contributed by atoms with Crippen molar-refractivity contribution in [2.24, 2.45) is 5.92 Å². The molecular formula is C12H17NO3. The van der Waals surface area contributed by atoms with E-state index >= 15 is 0 Å². The number of ether oxygens (including phenoxy) is 1. The number of ketones is 1. The van der Waals surface area contributed by atoms with Gasteiger partial charge in [0.2, 0.25) is 0 Å². The second-order valence-electron chi connectivity index (χ2n) is 4.35. The molecule has 0 spiro atoms. The average molecular weight is 223 g/mol. The first-order valence-corrected chi connectivity index (χ1v) is 5.79. The van der Waals surface area contributed by atoms with Crippen LogP contribution in [0.15, 0.2) is 11.8 Å². The molecule has 0 saturated carbocycles. The second kappa shape index (κ2) is 4.68. The number of esters is 1. The van der Waals surface area contributed by atoms with Crippen LogP contribution >= 0.6 is 0 Å². The molecule has 1 saturated heterocycles. The molecule has 4 heteroatoms. The van der Waals surface area contributed by atoms with Crippen molar-refractivity contribution in [3.8, 4) is 0 Å². The van der Waals surface area contributed by atoms with Crippen molar-refractivity contribution in [2.75, 3.05) is 20.2 Å². The van der Waals surface area contributed by atoms with Crippen LogP contribution in [0.4, 0.5) is 0 Å². The molecule has 4 nitrogen and oxygen atoms in total. The van der Waals surface area contributed by atoms with E-state index in [1.165, 1.54) is 20.0 Å². The Balaban J connectivity index is 2.05. The molecule has 0 N–H and O–H groups in total. The Bertz CT molecular complexity index is 329. The highest BCUT2D eigenvalue weighted by molar-refractivity contribution is 6.05. The lowest BCUT2D eigenvalue weighted by Crippen LogP contribution is -2.31. The Morgan fingerprint density at radius 1 is 1.44 bits per heavy atom. The number of nitrogens with zero attached hydrogens (tertiary/aromatic N) is 1. The first-order valence-electron chi connectivity index (χ1n) is 5.79. The number of carbonyl (C=O) groups excluding carboxylic acids is 2. The maximum Gasteiger partial charge on any atom is 0.316 e. The number of hydrogen-bond acceptors (Lipinski definition) is 4. The molecule has 0 aromatic carbocycles. The molecule has 88 valence electrons. The van der Waals surface area contributed by atoms with E-state index < -0.39 is 11.9 Å². The standard InChI is InChI=1S/C12H17NO3/c1-16-12(15)10-5-4-9(8-11(10)14)13-6-2-3-7-13/h8,10H,2-7H2,1H3. The molecule has 0 aromatic rings. The van der Waals surface area contributed by atoms with Crippen LogP contribution in [0, 0.1) is 5.92 Å². The van der Waals surface area contributed by atoms with Crippen LogP contribution in [0.25, 0.3) is 0 Å². The lowest BCUT2D eigenvalue weighted by molar-refractivity contribution is -0.148. The van der Waals surface area contributed by atoms with Crippen molar-refractivity contribution >= 4 is 11.8 Å². The first kappa shape index (κ1) is 11.2. The van der Waals surface area contributed by atoms with Crippen LogP contribution in [0.1, 0.15) is 25.7 Å². The first-order chi connectivity index (χ1) is 7.72. The molecule has 0 bridgehead atoms. The summed E-state index contributed by atoms with van der Waals surface area (Å²) in [6.07, 6.45) is 5.44. The molecule has 16 heavy (non-hydrogen) atoms. The van der Waals surface area contributed by atoms with E-state index in [0.717, 1.165) is 25.2 Å². The van der Waals surface area contributed by atoms with Gasteiger partial charge in [-0.25, -0.2) is 0 Å². The van der Waals surface area contributed by atoms with Crippen LogP contribution in [0.5, 0.6) is 0 Å². The van der Waals surface area contributed by atoms with Crippen LogP contribution in [0.2, 0.25) is 0 Å². The summed E-state index contributed by atoms with van der Waals surface area (Å²) in [6.45, 7) is 2.09. The van der Waals surface area contributed by atoms with E-state index in [1.54, 1.807) is 6.08 Å². The lowest BCUT2D eigenvalue weighted by atomic mass is 9.91. The van der Waals surface area contributed by atoms with Crippen LogP contribution in [-0.2, 0) is 14.3 Å². The largest absolute Gasteiger partial charge is 0.468 e. The number of carbonyl (C=O) groups is 2. The fourth-order valence-electron chi connectivity index (χ4n) is 2.40. The quantitative estimate of drug-likeness (QED) is 0.520. The maximum atomic E-state index is 11.8. The molecule has 0 aromatic heterocycles. The van der Waals surface area contributed by atoms with Gasteiger partial charge < -0.3 is 9.64 Å². The third-order valence-electron chi connectivity index (χ3n) is 3.34. The van der Waals surface area contributed by atoms with Crippen molar-refractivity contribution in [3.63, 3.8) is 0 Å². The van der Waals surface area contributed by atoms with Gasteiger partial charge in [-0.1, -0.05) is 0 Å². The Hall–Kier alpha value is -1.32. The van der Waals surface area contributed by atoms with Gasteiger partial charge in [-0.3, -0.25) is 9.59 Å². The van der Waals surface area contributed by atoms with Crippen molar-refractivity contribution in [2.45, 2.75) is 25.7 Å². The fraction of sp³-hybridized carbons (Fsp3) is 0.667. The Labute approximate surface area is 95.2 Å². The SMILES string of the molecule is COC(=O)C1CCC(N2CCCC2)=CC1=O. The minimum atomic E-state index is -0.573. The van der Waals surface area contributed by atoms with Crippen molar-refractivity contribution in [1.82, 2.24) is 4.90 Å². The molecule has 1 unspecified atom stereocenters. The Morgan fingerprint density at radius 2 is 2.12 bits per heavy atom. The van der Waals surface area contributed by atoms with Gasteiger partial charge in [-0.05, 0) is 25.7 Å². The van der Waals surface area contributed by atoms with Gasteiger partial charge >= 0.3 is 5.97 Å². The zero-order valence-corrected chi connectivity index (χ0v) is 9.57. The highest BCUT2D eigenvalue weighted by Gasteiger charge is 2.31. The van der Waals surface area contributed by atoms with Gasteiger partial charge in [-0.15, -0.1) is 0 Å². The third-order valence-corrected chi connectivity index (χ3v) is 3.34. The van der Waals surface area contributed by atoms with Crippen LogP contribution in [-0.4, -0.2) is 36.9 Å². The molecule has 2 aliphatic rings. The summed E-state index contributed by atoms with van der Waals surface area (Å²) in [5.74, 6) is -1.07. The second-order valence-corrected chi connectivity index (χ2v) is 4.35. The molecule has 0 amide bonds. The van der Waals surface area contributed by atoms with Gasteiger partial charge in [-0.2, -0.15) is 0 Å². The van der Waals surface area contributed by atoms with Crippen molar-refractivity contribution in [1.29, 1.82) is 0 Å². The van der Waals surface area contributed by atoms with Crippen LogP contribution in [0.3, 0.4) is 0 Å². The van der Waals surface area contributed by atoms with Gasteiger partial charge in [0.05, 0.1) is 7.11 Å². The maximum absolute atomic E-state index is 11.8. The average Bonchev–Trinajstić information content (AvgIpc) is 2.81. The molecule has 0 radical (unpaired) electrons. The summed E-state index contributed by atoms with van der Waals surface area (Å²) in [6, 6.07) is 0. The molecular weight excluding hydrogens is 206 g/mol. The highest BCUT2D eigenvalue weighted by atomic mass is 16.5. The van der Waals surface area contributed by atoms with E-state index in [2.05, 4.69) is 9.64 Å². The van der Waals surface area contributed by atoms with Crippen molar-refractivity contribution in [3.05, 3.63) is 11.8 Å². The third kappa shape index (κ3) is 2.10. The summed E-state index contributed by atoms with van der Waals surface area (Å²) in [7, 11) is 1.33. The predicted molar refractivity (Wildman–Crippen MR) is 58.6 cm³/mol. The number of allylic oxidation sites excluding steroid dienone is 2. The molecule has 2 rings (SSSR count). The number of methoxy groups -OCH3 is 1. The van der Waals surface area contributed by atoms with E-state index in [9.17, 15) is 9.59 Å². The summed E-state index contributed by atoms with van der Waals surface area (Å²) in [5.41, 5.74) is 1.10. The Kier molecular flexibility index (Phi) is 3.27. The van der Waals surface area contributed by atoms with Gasteiger partial charge in [0.25, 0.3) is 0 Å². The highest BCUT2D eigenvalue weighted by Crippen LogP contribution is 2.26. The monoisotopic (exact) mass is 223 g/mol. The molecule has 1 aliphatic heterocycles. The van der Waals surface area contributed by atoms with E-state index in [0.29, 0.717) is 6.42 Å². The zero-order chi connectivity index (χ0) is 11.5. The minimum absolute atomic E-state index is 0.0972. The summed E-state index contributed by atoms with van der Waals surface area (Å²) in [5, 5.41) is 0. The summed E-state index contributed by atoms with van der Waals surface area (Å²) >= 11 is 0.